The van der Waals surface area contributed by atoms with Crippen LogP contribution in [-0.4, -0.2) is 93.9 Å². The number of imidazole rings is 2. The number of alkyl halides is 2. The van der Waals surface area contributed by atoms with Crippen molar-refractivity contribution in [2.45, 2.75) is 49.2 Å². The van der Waals surface area contributed by atoms with Crippen LogP contribution in [0, 0.1) is 0 Å². The molecule has 0 unspecified atom stereocenters. The predicted molar refractivity (Wildman–Crippen MR) is 159 cm³/mol. The quantitative estimate of drug-likeness (QED) is 0.171. The maximum absolute atomic E-state index is 16.0. The normalized spacial score (nSPS) is 38.3. The van der Waals surface area contributed by atoms with Gasteiger partial charge in [-0.25, -0.2) is 38.7 Å². The van der Waals surface area contributed by atoms with Crippen LogP contribution in [0.5, 0.6) is 0 Å². The van der Waals surface area contributed by atoms with Gasteiger partial charge >= 0.3 is 6.72 Å². The van der Waals surface area contributed by atoms with Crippen LogP contribution in [0.4, 0.5) is 20.4 Å². The van der Waals surface area contributed by atoms with E-state index in [4.69, 9.17) is 62.6 Å². The van der Waals surface area contributed by atoms with Gasteiger partial charge in [0.15, 0.2) is 47.7 Å². The van der Waals surface area contributed by atoms with Gasteiger partial charge in [-0.2, -0.15) is 0 Å². The molecular weight excluding hydrogens is 688 g/mol. The van der Waals surface area contributed by atoms with Gasteiger partial charge in [0.1, 0.15) is 48.1 Å². The first-order valence-electron chi connectivity index (χ1n) is 12.7. The molecule has 3 saturated heterocycles. The number of aromatic nitrogens is 8. The number of rotatable bonds is 2. The SMILES string of the molecule is Nc1ncnc2c1ncn2[C@@H]1O[C@@H]2CO[P@](=S)(S)O[C@@H]3[C@H](F)[C@@H](CO[P@@](O)(=S)O[C@@H]1[C@@H]2F)O[C@H]3n1cnc2c(N)ncnc21. The lowest BCUT2D eigenvalue weighted by Crippen LogP contribution is -2.34. The fourth-order valence-corrected chi connectivity index (χ4v) is 8.48. The van der Waals surface area contributed by atoms with Crippen molar-refractivity contribution in [1.82, 2.24) is 39.0 Å². The molecule has 5 N–H and O–H groups in total. The molecule has 4 bridgehead atoms. The van der Waals surface area contributed by atoms with Crippen LogP contribution in [0.1, 0.15) is 12.5 Å². The number of nitrogen functional groups attached to an aromatic ring is 2. The Morgan fingerprint density at radius 2 is 1.27 bits per heavy atom. The summed E-state index contributed by atoms with van der Waals surface area (Å²) in [5.41, 5.74) is 9.10. The van der Waals surface area contributed by atoms with Crippen molar-refractivity contribution >= 4 is 82.2 Å². The highest BCUT2D eigenvalue weighted by Gasteiger charge is 2.53. The van der Waals surface area contributed by atoms with E-state index >= 15 is 8.78 Å². The van der Waals surface area contributed by atoms with Crippen LogP contribution < -0.4 is 11.5 Å². The monoisotopic (exact) mass is 710 g/mol. The van der Waals surface area contributed by atoms with Gasteiger partial charge in [-0.1, -0.05) is 12.2 Å². The van der Waals surface area contributed by atoms with Crippen molar-refractivity contribution in [3.63, 3.8) is 0 Å². The zero-order valence-corrected chi connectivity index (χ0v) is 26.2. The molecule has 0 aliphatic carbocycles. The average Bonchev–Trinajstić information content (AvgIpc) is 3.73. The van der Waals surface area contributed by atoms with E-state index in [1.165, 1.54) is 34.4 Å². The third-order valence-electron chi connectivity index (χ3n) is 7.16. The molecule has 0 aromatic carbocycles. The fraction of sp³-hybridized carbons (Fsp3) is 0.500. The molecular formula is C20H22F2N10O7P2S3. The number of nitrogens with zero attached hydrogens (tertiary/aromatic N) is 8. The maximum atomic E-state index is 16.0. The highest BCUT2D eigenvalue weighted by atomic mass is 32.9. The summed E-state index contributed by atoms with van der Waals surface area (Å²) in [6.45, 7) is -5.36. The molecule has 236 valence electrons. The molecule has 24 heteroatoms. The Morgan fingerprint density at radius 3 is 1.80 bits per heavy atom. The Morgan fingerprint density at radius 1 is 0.795 bits per heavy atom. The molecule has 3 aliphatic heterocycles. The lowest BCUT2D eigenvalue weighted by atomic mass is 10.1. The van der Waals surface area contributed by atoms with E-state index in [2.05, 4.69) is 42.2 Å². The summed E-state index contributed by atoms with van der Waals surface area (Å²) in [7, 11) is 0. The highest BCUT2D eigenvalue weighted by molar-refractivity contribution is 8.60. The van der Waals surface area contributed by atoms with E-state index < -0.39 is 74.8 Å². The summed E-state index contributed by atoms with van der Waals surface area (Å²) in [4.78, 5) is 35.5. The van der Waals surface area contributed by atoms with Gasteiger partial charge < -0.3 is 39.4 Å². The van der Waals surface area contributed by atoms with Gasteiger partial charge in [0, 0.05) is 0 Å². The number of ether oxygens (including phenoxy) is 2. The summed E-state index contributed by atoms with van der Waals surface area (Å²) in [6, 6.07) is 0. The Kier molecular flexibility index (Phi) is 7.87. The Hall–Kier alpha value is -2.07. The van der Waals surface area contributed by atoms with Crippen LogP contribution in [0.25, 0.3) is 22.3 Å². The van der Waals surface area contributed by atoms with Gasteiger partial charge in [0.2, 0.25) is 5.69 Å². The molecule has 4 aromatic rings. The lowest BCUT2D eigenvalue weighted by Gasteiger charge is -2.27. The first-order chi connectivity index (χ1) is 20.9. The summed E-state index contributed by atoms with van der Waals surface area (Å²) in [6.07, 6.45) is -6.98. The van der Waals surface area contributed by atoms with E-state index in [1.807, 2.05) is 0 Å². The van der Waals surface area contributed by atoms with Gasteiger partial charge in [-0.15, -0.1) is 0 Å². The third-order valence-corrected chi connectivity index (χ3v) is 10.9. The molecule has 7 rings (SSSR count). The minimum Gasteiger partial charge on any atom is -0.382 e. The Labute approximate surface area is 261 Å². The summed E-state index contributed by atoms with van der Waals surface area (Å²) < 4.78 is 69.4. The predicted octanol–water partition coefficient (Wildman–Crippen LogP) is 1.49. The zero-order chi connectivity index (χ0) is 31.0. The molecule has 10 atom stereocenters. The average molecular weight is 711 g/mol. The molecule has 7 heterocycles. The molecule has 4 aromatic heterocycles. The number of thiol groups is 1. The van der Waals surface area contributed by atoms with Crippen LogP contribution in [0.3, 0.4) is 0 Å². The Bertz CT molecular complexity index is 1710. The number of nitrogens with two attached hydrogens (primary N) is 2. The topological polar surface area (TPSA) is 215 Å². The summed E-state index contributed by atoms with van der Waals surface area (Å²) in [5, 5.41) is 0. The minimum atomic E-state index is -4.26. The van der Waals surface area contributed by atoms with E-state index in [1.54, 1.807) is 0 Å². The van der Waals surface area contributed by atoms with Crippen LogP contribution in [0.2, 0.25) is 0 Å². The second kappa shape index (κ2) is 11.3. The van der Waals surface area contributed by atoms with Crippen molar-refractivity contribution in [2.75, 3.05) is 24.7 Å². The van der Waals surface area contributed by atoms with E-state index in [-0.39, 0.29) is 34.0 Å². The summed E-state index contributed by atoms with van der Waals surface area (Å²) in [5.74, 6) is 0.172. The first-order valence-corrected chi connectivity index (χ1v) is 19.1. The molecule has 17 nitrogen and oxygen atoms in total. The standard InChI is InChI=1S/C20H22F2N10O7P2S3/c21-9-8-2-35-41(43,44)39-14-10(22)7(36-20(14)32-6-30-12-16(24)26-4-28-18(12)32)1-34-40(33,42)38-13(9)19(37-8)31-5-29-11-15(23)25-3-27-17(11)31/h3-10,13-14,19-20H,1-2H2,(H,33,42)(H,43,44)(H2,23,25,27)(H2,24,26,28)/t7-,8-,9-,10-,13-,14-,19-,20-,40-/m1/s1. The van der Waals surface area contributed by atoms with Crippen LogP contribution >= 0.6 is 24.7 Å². The number of anilines is 2. The number of hydrogen-bond donors (Lipinski definition) is 4. The molecule has 3 fully saturated rings. The van der Waals surface area contributed by atoms with E-state index in [0.717, 1.165) is 0 Å². The Balaban J connectivity index is 1.22. The highest BCUT2D eigenvalue weighted by Crippen LogP contribution is 2.59. The van der Waals surface area contributed by atoms with E-state index in [9.17, 15) is 4.89 Å². The lowest BCUT2D eigenvalue weighted by molar-refractivity contribution is -0.0575. The number of fused-ring (bicyclic) bond motifs is 6. The molecule has 44 heavy (non-hydrogen) atoms. The molecule has 3 aliphatic rings. The summed E-state index contributed by atoms with van der Waals surface area (Å²) >= 11 is 15.0. The first kappa shape index (κ1) is 30.6. The molecule has 0 radical (unpaired) electrons. The van der Waals surface area contributed by atoms with Gasteiger partial charge in [-0.3, -0.25) is 13.7 Å². The van der Waals surface area contributed by atoms with Gasteiger partial charge in [-0.05, 0) is 23.6 Å². The fourth-order valence-electron chi connectivity index (χ4n) is 5.15. The molecule has 0 amide bonds. The van der Waals surface area contributed by atoms with Crippen molar-refractivity contribution in [2.24, 2.45) is 0 Å². The second-order valence-electron chi connectivity index (χ2n) is 9.85. The minimum absolute atomic E-state index is 0.0801. The molecule has 0 spiro atoms. The van der Waals surface area contributed by atoms with Gasteiger partial charge in [0.25, 0.3) is 0 Å². The van der Waals surface area contributed by atoms with Crippen LogP contribution in [-0.2, 0) is 51.2 Å². The van der Waals surface area contributed by atoms with Crippen molar-refractivity contribution < 1.29 is 41.2 Å². The number of halogens is 2. The zero-order valence-electron chi connectivity index (χ0n) is 21.9. The third kappa shape index (κ3) is 5.39. The maximum Gasteiger partial charge on any atom is 0.325 e. The van der Waals surface area contributed by atoms with Crippen molar-refractivity contribution in [3.8, 4) is 0 Å². The van der Waals surface area contributed by atoms with Crippen molar-refractivity contribution in [1.29, 1.82) is 0 Å². The van der Waals surface area contributed by atoms with Crippen LogP contribution in [0.15, 0.2) is 25.3 Å². The van der Waals surface area contributed by atoms with Gasteiger partial charge in [0.05, 0.1) is 25.9 Å². The second-order valence-corrected chi connectivity index (χ2v) is 17.9. The van der Waals surface area contributed by atoms with Crippen molar-refractivity contribution in [3.05, 3.63) is 25.3 Å². The van der Waals surface area contributed by atoms with E-state index in [0.29, 0.717) is 0 Å². The largest absolute Gasteiger partial charge is 0.382 e. The smallest absolute Gasteiger partial charge is 0.325 e. The molecule has 0 saturated carbocycles. The number of hydrogen-bond acceptors (Lipinski definition) is 16.